The van der Waals surface area contributed by atoms with Gasteiger partial charge in [-0.3, -0.25) is 9.97 Å². The molecule has 8 rings (SSSR count). The number of nitrogens with zero attached hydrogens (tertiary/aromatic N) is 4. The van der Waals surface area contributed by atoms with E-state index in [0.29, 0.717) is 0 Å². The molecule has 0 amide bonds. The molecule has 0 fully saturated rings. The maximum Gasteiger partial charge on any atom is 0.158 e. The second-order valence-electron chi connectivity index (χ2n) is 12.7. The van der Waals surface area contributed by atoms with Gasteiger partial charge < -0.3 is 9.47 Å². The molecule has 0 radical (unpaired) electrons. The molecule has 0 aliphatic carbocycles. The smallest absolute Gasteiger partial charge is 0.158 e. The summed E-state index contributed by atoms with van der Waals surface area (Å²) in [5.41, 5.74) is 9.03. The average Bonchev–Trinajstić information content (AvgIpc) is 3.88. The van der Waals surface area contributed by atoms with Crippen molar-refractivity contribution in [2.45, 2.75) is 11.5 Å². The summed E-state index contributed by atoms with van der Waals surface area (Å²) < 4.78 is 37.6. The summed E-state index contributed by atoms with van der Waals surface area (Å²) in [7, 11) is -0.167. The van der Waals surface area contributed by atoms with Crippen LogP contribution in [0, 0.1) is 0 Å². The summed E-state index contributed by atoms with van der Waals surface area (Å²) in [6, 6.07) is 38.9. The van der Waals surface area contributed by atoms with E-state index < -0.39 is 9.84 Å². The van der Waals surface area contributed by atoms with E-state index in [9.17, 15) is 8.42 Å². The largest absolute Gasteiger partial charge is 0.497 e. The highest BCUT2D eigenvalue weighted by molar-refractivity contribution is 7.89. The summed E-state index contributed by atoms with van der Waals surface area (Å²) in [5, 5.41) is 1.69. The monoisotopic (exact) mass is 778 g/mol. The third-order valence-electron chi connectivity index (χ3n) is 9.04. The number of benzene rings is 4. The van der Waals surface area contributed by atoms with Crippen LogP contribution in [0.4, 0.5) is 0 Å². The zero-order valence-electron chi connectivity index (χ0n) is 29.9. The van der Waals surface area contributed by atoms with Crippen LogP contribution in [0.2, 0.25) is 0 Å². The average molecular weight is 779 g/mol. The van der Waals surface area contributed by atoms with Gasteiger partial charge in [0.2, 0.25) is 0 Å². The van der Waals surface area contributed by atoms with Crippen molar-refractivity contribution in [1.82, 2.24) is 19.9 Å². The van der Waals surface area contributed by atoms with Crippen molar-refractivity contribution >= 4 is 32.5 Å². The van der Waals surface area contributed by atoms with Gasteiger partial charge in [0.1, 0.15) is 21.5 Å². The third-order valence-corrected chi connectivity index (χ3v) is 12.9. The lowest BCUT2D eigenvalue weighted by atomic mass is 10.1. The van der Waals surface area contributed by atoms with Gasteiger partial charge in [-0.1, -0.05) is 48.5 Å². The van der Waals surface area contributed by atoms with E-state index in [1.807, 2.05) is 121 Å². The minimum atomic E-state index is -3.46. The van der Waals surface area contributed by atoms with Crippen LogP contribution in [-0.2, 0) is 21.3 Å². The van der Waals surface area contributed by atoms with E-state index in [-0.39, 0.29) is 11.5 Å². The minimum Gasteiger partial charge on any atom is -0.497 e. The number of rotatable bonds is 12. The van der Waals surface area contributed by atoms with Crippen LogP contribution in [-0.4, -0.2) is 42.6 Å². The molecular formula is C44H34N4O4S3. The SMILES string of the molecule is COc1ccc(-c2nc(-c3ccc(CS(=O)(=O)Cc4ccc(-c5nc(-c6ccc(OC)cc6)c(-c6ccncc6)s5)cc4)cc3)sc2-c2ccncc2)cc1. The minimum absolute atomic E-state index is 0.0702. The Morgan fingerprint density at radius 1 is 0.455 bits per heavy atom. The van der Waals surface area contributed by atoms with Gasteiger partial charge in [-0.05, 0) is 95.1 Å². The fourth-order valence-corrected chi connectivity index (χ4v) is 9.92. The molecule has 4 heterocycles. The molecule has 0 saturated heterocycles. The Kier molecular flexibility index (Phi) is 10.3. The Bertz CT molecular complexity index is 2460. The number of thiazole rings is 2. The van der Waals surface area contributed by atoms with E-state index in [2.05, 4.69) is 9.97 Å². The Morgan fingerprint density at radius 2 is 0.800 bits per heavy atom. The van der Waals surface area contributed by atoms with E-state index in [1.54, 1.807) is 61.7 Å². The van der Waals surface area contributed by atoms with Gasteiger partial charge in [-0.15, -0.1) is 22.7 Å². The van der Waals surface area contributed by atoms with E-state index in [1.165, 1.54) is 0 Å². The molecule has 0 bridgehead atoms. The molecule has 272 valence electrons. The first-order chi connectivity index (χ1) is 26.9. The molecule has 4 aromatic heterocycles. The number of methoxy groups -OCH3 is 2. The molecule has 0 aliphatic heterocycles. The molecule has 0 aliphatic rings. The van der Waals surface area contributed by atoms with Crippen LogP contribution in [0.5, 0.6) is 11.5 Å². The van der Waals surface area contributed by atoms with Gasteiger partial charge in [0, 0.05) is 47.0 Å². The van der Waals surface area contributed by atoms with Crippen molar-refractivity contribution in [3.8, 4) is 76.0 Å². The van der Waals surface area contributed by atoms with Gasteiger partial charge in [0.25, 0.3) is 0 Å². The lowest BCUT2D eigenvalue weighted by molar-refractivity contribution is 0.415. The number of pyridine rings is 2. The highest BCUT2D eigenvalue weighted by Crippen LogP contribution is 2.42. The second kappa shape index (κ2) is 15.8. The zero-order chi connectivity index (χ0) is 37.8. The van der Waals surface area contributed by atoms with Crippen LogP contribution < -0.4 is 9.47 Å². The highest BCUT2D eigenvalue weighted by Gasteiger charge is 2.20. The van der Waals surface area contributed by atoms with Crippen LogP contribution in [0.15, 0.2) is 146 Å². The van der Waals surface area contributed by atoms with Gasteiger partial charge >= 0.3 is 0 Å². The number of hydrogen-bond donors (Lipinski definition) is 0. The lowest BCUT2D eigenvalue weighted by Crippen LogP contribution is -2.07. The van der Waals surface area contributed by atoms with Crippen molar-refractivity contribution < 1.29 is 17.9 Å². The molecule has 0 N–H and O–H groups in total. The third kappa shape index (κ3) is 8.09. The predicted molar refractivity (Wildman–Crippen MR) is 222 cm³/mol. The van der Waals surface area contributed by atoms with Crippen LogP contribution in [0.3, 0.4) is 0 Å². The summed E-state index contributed by atoms with van der Waals surface area (Å²) in [6.45, 7) is 0. The second-order valence-corrected chi connectivity index (χ2v) is 16.8. The lowest BCUT2D eigenvalue weighted by Gasteiger charge is -2.07. The zero-order valence-corrected chi connectivity index (χ0v) is 32.4. The molecule has 0 saturated carbocycles. The Morgan fingerprint density at radius 3 is 1.15 bits per heavy atom. The molecule has 8 aromatic rings. The maximum absolute atomic E-state index is 13.4. The summed E-state index contributed by atoms with van der Waals surface area (Å²) >= 11 is 3.18. The molecule has 8 nitrogen and oxygen atoms in total. The molecule has 4 aromatic carbocycles. The molecule has 11 heteroatoms. The Balaban J connectivity index is 0.988. The first kappa shape index (κ1) is 36.0. The number of aromatic nitrogens is 4. The van der Waals surface area contributed by atoms with Gasteiger partial charge in [0.05, 0.1) is 46.9 Å². The van der Waals surface area contributed by atoms with Gasteiger partial charge in [-0.2, -0.15) is 0 Å². The van der Waals surface area contributed by atoms with Crippen molar-refractivity contribution in [1.29, 1.82) is 0 Å². The highest BCUT2D eigenvalue weighted by atomic mass is 32.2. The quantitative estimate of drug-likeness (QED) is 0.121. The topological polar surface area (TPSA) is 104 Å². The van der Waals surface area contributed by atoms with Crippen LogP contribution in [0.1, 0.15) is 11.1 Å². The summed E-state index contributed by atoms with van der Waals surface area (Å²) in [6.07, 6.45) is 7.10. The van der Waals surface area contributed by atoms with Gasteiger partial charge in [-0.25, -0.2) is 18.4 Å². The molecule has 0 unspecified atom stereocenters. The summed E-state index contributed by atoms with van der Waals surface area (Å²) in [5.74, 6) is 1.41. The number of hydrogen-bond acceptors (Lipinski definition) is 10. The maximum atomic E-state index is 13.4. The molecule has 55 heavy (non-hydrogen) atoms. The predicted octanol–water partition coefficient (Wildman–Crippen LogP) is 10.5. The fourth-order valence-electron chi connectivity index (χ4n) is 6.22. The van der Waals surface area contributed by atoms with E-state index in [4.69, 9.17) is 19.4 Å². The van der Waals surface area contributed by atoms with Crippen LogP contribution >= 0.6 is 22.7 Å². The van der Waals surface area contributed by atoms with E-state index >= 15 is 0 Å². The molecule has 0 spiro atoms. The first-order valence-corrected chi connectivity index (χ1v) is 20.8. The Labute approximate surface area is 327 Å². The summed E-state index contributed by atoms with van der Waals surface area (Å²) in [4.78, 5) is 20.5. The van der Waals surface area contributed by atoms with Crippen molar-refractivity contribution in [3.05, 3.63) is 157 Å². The van der Waals surface area contributed by atoms with E-state index in [0.717, 1.165) is 87.2 Å². The van der Waals surface area contributed by atoms with Crippen molar-refractivity contribution in [2.24, 2.45) is 0 Å². The normalized spacial score (nSPS) is 11.4. The standard InChI is InChI=1S/C44H34N4O4S3/c1-51-37-15-11-31(12-16-37)39-41(33-19-23-45-24-20-33)53-43(47-39)35-7-3-29(4-8-35)27-55(49,50)28-30-5-9-36(10-6-30)44-48-40(32-13-17-38(52-2)18-14-32)42(54-44)34-21-25-46-26-22-34/h3-26H,27-28H2,1-2H3. The van der Waals surface area contributed by atoms with Gasteiger partial charge in [0.15, 0.2) is 9.84 Å². The van der Waals surface area contributed by atoms with Crippen molar-refractivity contribution in [3.63, 3.8) is 0 Å². The van der Waals surface area contributed by atoms with Crippen LogP contribution in [0.25, 0.3) is 64.5 Å². The fraction of sp³-hybridized carbons (Fsp3) is 0.0909. The van der Waals surface area contributed by atoms with Crippen molar-refractivity contribution in [2.75, 3.05) is 14.2 Å². The number of sulfone groups is 1. The first-order valence-electron chi connectivity index (χ1n) is 17.4. The Hall–Kier alpha value is -6.01. The molecule has 0 atom stereocenters. The number of ether oxygens (including phenoxy) is 2. The molecular weight excluding hydrogens is 745 g/mol.